The van der Waals surface area contributed by atoms with E-state index in [1.54, 1.807) is 25.1 Å². The number of nitrogens with one attached hydrogen (secondary N) is 2. The van der Waals surface area contributed by atoms with Crippen LogP contribution in [0, 0.1) is 5.82 Å². The molecule has 2 aromatic carbocycles. The zero-order chi connectivity index (χ0) is 19.1. The SMILES string of the molecule is COc1ccc(Cl)cc1NC(=O)[C@H](C)SCC(=O)Nc1ccc(F)cc1. The Hall–Kier alpha value is -2.25. The molecule has 0 aliphatic heterocycles. The highest BCUT2D eigenvalue weighted by molar-refractivity contribution is 8.01. The summed E-state index contributed by atoms with van der Waals surface area (Å²) in [6, 6.07) is 10.4. The molecule has 5 nitrogen and oxygen atoms in total. The van der Waals surface area contributed by atoms with Gasteiger partial charge in [0.15, 0.2) is 0 Å². The number of thioether (sulfide) groups is 1. The van der Waals surface area contributed by atoms with Crippen molar-refractivity contribution in [3.8, 4) is 5.75 Å². The molecule has 8 heteroatoms. The van der Waals surface area contributed by atoms with Gasteiger partial charge in [0, 0.05) is 10.7 Å². The highest BCUT2D eigenvalue weighted by atomic mass is 35.5. The van der Waals surface area contributed by atoms with Crippen LogP contribution in [0.15, 0.2) is 42.5 Å². The summed E-state index contributed by atoms with van der Waals surface area (Å²) in [6.45, 7) is 1.70. The molecule has 26 heavy (non-hydrogen) atoms. The largest absolute Gasteiger partial charge is 0.495 e. The number of benzene rings is 2. The Morgan fingerprint density at radius 3 is 2.54 bits per heavy atom. The quantitative estimate of drug-likeness (QED) is 0.736. The zero-order valence-corrected chi connectivity index (χ0v) is 15.8. The van der Waals surface area contributed by atoms with E-state index in [9.17, 15) is 14.0 Å². The molecule has 2 aromatic rings. The Kier molecular flexibility index (Phi) is 7.29. The van der Waals surface area contributed by atoms with Crippen LogP contribution in [0.25, 0.3) is 0 Å². The lowest BCUT2D eigenvalue weighted by molar-refractivity contribution is -0.115. The second-order valence-corrected chi connectivity index (χ2v) is 7.11. The van der Waals surface area contributed by atoms with E-state index in [1.807, 2.05) is 0 Å². The highest BCUT2D eigenvalue weighted by Gasteiger charge is 2.17. The summed E-state index contributed by atoms with van der Waals surface area (Å²) in [6.07, 6.45) is 0. The Bertz CT molecular complexity index is 787. The van der Waals surface area contributed by atoms with E-state index in [2.05, 4.69) is 10.6 Å². The summed E-state index contributed by atoms with van der Waals surface area (Å²) in [5.74, 6) is -0.349. The molecule has 2 amide bonds. The van der Waals surface area contributed by atoms with Crippen LogP contribution in [0.3, 0.4) is 0 Å². The van der Waals surface area contributed by atoms with Crippen molar-refractivity contribution in [2.24, 2.45) is 0 Å². The van der Waals surface area contributed by atoms with E-state index in [1.165, 1.54) is 43.1 Å². The number of carbonyl (C=O) groups excluding carboxylic acids is 2. The number of hydrogen-bond acceptors (Lipinski definition) is 4. The van der Waals surface area contributed by atoms with Gasteiger partial charge in [0.2, 0.25) is 11.8 Å². The van der Waals surface area contributed by atoms with Crippen molar-refractivity contribution >= 4 is 46.6 Å². The predicted molar refractivity (Wildman–Crippen MR) is 104 cm³/mol. The first-order valence-electron chi connectivity index (χ1n) is 7.70. The van der Waals surface area contributed by atoms with Gasteiger partial charge in [-0.1, -0.05) is 11.6 Å². The molecule has 2 N–H and O–H groups in total. The van der Waals surface area contributed by atoms with Gasteiger partial charge in [-0.3, -0.25) is 9.59 Å². The fourth-order valence-electron chi connectivity index (χ4n) is 2.02. The number of methoxy groups -OCH3 is 1. The molecule has 0 aromatic heterocycles. The first-order chi connectivity index (χ1) is 12.4. The Morgan fingerprint density at radius 1 is 1.19 bits per heavy atom. The second-order valence-electron chi connectivity index (χ2n) is 5.34. The van der Waals surface area contributed by atoms with Gasteiger partial charge in [-0.2, -0.15) is 0 Å². The van der Waals surface area contributed by atoms with Gasteiger partial charge in [0.05, 0.1) is 23.8 Å². The Balaban J connectivity index is 1.86. The topological polar surface area (TPSA) is 67.4 Å². The molecule has 0 unspecified atom stereocenters. The molecule has 0 spiro atoms. The number of ether oxygens (including phenoxy) is 1. The van der Waals surface area contributed by atoms with Crippen molar-refractivity contribution in [3.63, 3.8) is 0 Å². The average Bonchev–Trinajstić information content (AvgIpc) is 2.61. The van der Waals surface area contributed by atoms with Gasteiger partial charge >= 0.3 is 0 Å². The molecule has 2 rings (SSSR count). The maximum atomic E-state index is 12.8. The number of hydrogen-bond donors (Lipinski definition) is 2. The van der Waals surface area contributed by atoms with E-state index in [0.29, 0.717) is 22.1 Å². The molecular weight excluding hydrogens is 379 g/mol. The number of halogens is 2. The normalized spacial score (nSPS) is 11.5. The molecule has 0 heterocycles. The van der Waals surface area contributed by atoms with Crippen LogP contribution in [0.4, 0.5) is 15.8 Å². The van der Waals surface area contributed by atoms with E-state index in [4.69, 9.17) is 16.3 Å². The molecule has 0 fully saturated rings. The number of rotatable bonds is 7. The lowest BCUT2D eigenvalue weighted by atomic mass is 10.3. The van der Waals surface area contributed by atoms with Crippen LogP contribution in [0.2, 0.25) is 5.02 Å². The maximum Gasteiger partial charge on any atom is 0.237 e. The fourth-order valence-corrected chi connectivity index (χ4v) is 2.87. The summed E-state index contributed by atoms with van der Waals surface area (Å²) in [5.41, 5.74) is 0.964. The van der Waals surface area contributed by atoms with E-state index < -0.39 is 5.25 Å². The molecule has 0 aliphatic rings. The van der Waals surface area contributed by atoms with Gasteiger partial charge < -0.3 is 15.4 Å². The lowest BCUT2D eigenvalue weighted by Crippen LogP contribution is -2.25. The van der Waals surface area contributed by atoms with Crippen LogP contribution < -0.4 is 15.4 Å². The maximum absolute atomic E-state index is 12.8. The minimum Gasteiger partial charge on any atom is -0.495 e. The van der Waals surface area contributed by atoms with Crippen molar-refractivity contribution in [2.45, 2.75) is 12.2 Å². The Morgan fingerprint density at radius 2 is 1.88 bits per heavy atom. The minimum absolute atomic E-state index is 0.0820. The van der Waals surface area contributed by atoms with E-state index in [-0.39, 0.29) is 23.4 Å². The molecule has 0 saturated carbocycles. The van der Waals surface area contributed by atoms with Crippen LogP contribution in [-0.2, 0) is 9.59 Å². The molecule has 0 saturated heterocycles. The van der Waals surface area contributed by atoms with E-state index >= 15 is 0 Å². The third-order valence-electron chi connectivity index (χ3n) is 3.38. The standard InChI is InChI=1S/C18H18ClFN2O3S/c1-11(18(24)22-15-9-12(19)3-8-16(15)25-2)26-10-17(23)21-14-6-4-13(20)5-7-14/h3-9,11H,10H2,1-2H3,(H,21,23)(H,22,24)/t11-/m0/s1. The predicted octanol–water partition coefficient (Wildman–Crippen LogP) is 4.19. The second kappa shape index (κ2) is 9.45. The van der Waals surface area contributed by atoms with Crippen molar-refractivity contribution in [1.29, 1.82) is 0 Å². The number of anilines is 2. The fraction of sp³-hybridized carbons (Fsp3) is 0.222. The van der Waals surface area contributed by atoms with Gasteiger partial charge in [0.25, 0.3) is 0 Å². The molecule has 0 radical (unpaired) electrons. The first kappa shape index (κ1) is 20.1. The minimum atomic E-state index is -0.474. The smallest absolute Gasteiger partial charge is 0.237 e. The molecular formula is C18H18ClFN2O3S. The number of amides is 2. The third kappa shape index (κ3) is 5.93. The van der Waals surface area contributed by atoms with Crippen molar-refractivity contribution in [2.75, 3.05) is 23.5 Å². The highest BCUT2D eigenvalue weighted by Crippen LogP contribution is 2.28. The average molecular weight is 397 g/mol. The third-order valence-corrected chi connectivity index (χ3v) is 4.76. The van der Waals surface area contributed by atoms with Gasteiger partial charge in [-0.05, 0) is 49.4 Å². The van der Waals surface area contributed by atoms with Crippen molar-refractivity contribution in [1.82, 2.24) is 0 Å². The van der Waals surface area contributed by atoms with Crippen molar-refractivity contribution < 1.29 is 18.7 Å². The van der Waals surface area contributed by atoms with Gasteiger partial charge in [0.1, 0.15) is 11.6 Å². The summed E-state index contributed by atoms with van der Waals surface area (Å²) in [7, 11) is 1.50. The van der Waals surface area contributed by atoms with Crippen LogP contribution >= 0.6 is 23.4 Å². The molecule has 0 aliphatic carbocycles. The zero-order valence-electron chi connectivity index (χ0n) is 14.2. The van der Waals surface area contributed by atoms with Gasteiger partial charge in [-0.25, -0.2) is 4.39 Å². The van der Waals surface area contributed by atoms with E-state index in [0.717, 1.165) is 0 Å². The van der Waals surface area contributed by atoms with Crippen LogP contribution in [0.5, 0.6) is 5.75 Å². The molecule has 0 bridgehead atoms. The first-order valence-corrected chi connectivity index (χ1v) is 9.13. The van der Waals surface area contributed by atoms with Crippen LogP contribution in [-0.4, -0.2) is 29.9 Å². The lowest BCUT2D eigenvalue weighted by Gasteiger charge is -2.14. The number of carbonyl (C=O) groups is 2. The van der Waals surface area contributed by atoms with Gasteiger partial charge in [-0.15, -0.1) is 11.8 Å². The molecule has 138 valence electrons. The summed E-state index contributed by atoms with van der Waals surface area (Å²) < 4.78 is 18.0. The van der Waals surface area contributed by atoms with Crippen LogP contribution in [0.1, 0.15) is 6.92 Å². The Labute approximate surface area is 160 Å². The van der Waals surface area contributed by atoms with Crippen molar-refractivity contribution in [3.05, 3.63) is 53.3 Å². The monoisotopic (exact) mass is 396 g/mol. The summed E-state index contributed by atoms with van der Waals surface area (Å²) >= 11 is 7.12. The molecule has 1 atom stereocenters. The summed E-state index contributed by atoms with van der Waals surface area (Å²) in [4.78, 5) is 24.2. The summed E-state index contributed by atoms with van der Waals surface area (Å²) in [5, 5.41) is 5.38.